The molecule has 1 aliphatic heterocycles. The average molecular weight is 428 g/mol. The van der Waals surface area contributed by atoms with Gasteiger partial charge in [0.05, 0.1) is 19.3 Å². The molecule has 8 heteroatoms. The molecule has 0 bridgehead atoms. The maximum absolute atomic E-state index is 13.6. The molecule has 1 fully saturated rings. The summed E-state index contributed by atoms with van der Waals surface area (Å²) in [5.41, 5.74) is 2.02. The Bertz CT molecular complexity index is 1020. The second kappa shape index (κ2) is 9.98. The van der Waals surface area contributed by atoms with Gasteiger partial charge in [-0.1, -0.05) is 0 Å². The Labute approximate surface area is 181 Å². The normalized spacial score (nSPS) is 16.5. The lowest BCUT2D eigenvalue weighted by Crippen LogP contribution is -2.46. The van der Waals surface area contributed by atoms with E-state index >= 15 is 0 Å². The molecule has 3 heterocycles. The number of aromatic amines is 1. The Morgan fingerprint density at radius 1 is 1.23 bits per heavy atom. The number of H-pyrrole nitrogens is 1. The first-order valence-corrected chi connectivity index (χ1v) is 10.7. The molecule has 7 nitrogen and oxygen atoms in total. The Morgan fingerprint density at radius 3 is 2.81 bits per heavy atom. The van der Waals surface area contributed by atoms with Crippen LogP contribution in [0.15, 0.2) is 45.9 Å². The molecule has 0 amide bonds. The molecule has 1 aromatic carbocycles. The predicted molar refractivity (Wildman–Crippen MR) is 120 cm³/mol. The van der Waals surface area contributed by atoms with Gasteiger partial charge in [0.15, 0.2) is 5.96 Å². The highest BCUT2D eigenvalue weighted by atomic mass is 19.1. The second-order valence-corrected chi connectivity index (χ2v) is 7.75. The van der Waals surface area contributed by atoms with E-state index in [2.05, 4.69) is 25.5 Å². The molecule has 1 unspecified atom stereocenters. The molecule has 1 aliphatic rings. The SMILES string of the molecule is CN=C(NCCc1c[nH]c2ccc(F)cc12)NCC(c1ccc(C)o1)N1CCOCC1. The highest BCUT2D eigenvalue weighted by Crippen LogP contribution is 2.23. The third kappa shape index (κ3) is 5.26. The number of aliphatic imine (C=N–C) groups is 1. The predicted octanol–water partition coefficient (Wildman–Crippen LogP) is 2.99. The standard InChI is InChI=1S/C23H30FN5O2/c1-16-3-6-22(31-16)21(29-9-11-30-12-10-29)15-28-23(25-2)26-8-7-17-14-27-20-5-4-18(24)13-19(17)20/h3-6,13-14,21,27H,7-12,15H2,1-2H3,(H2,25,26,28). The number of furan rings is 1. The zero-order valence-corrected chi connectivity index (χ0v) is 18.1. The van der Waals surface area contributed by atoms with Crippen molar-refractivity contribution in [2.45, 2.75) is 19.4 Å². The fourth-order valence-electron chi connectivity index (χ4n) is 4.02. The minimum absolute atomic E-state index is 0.104. The van der Waals surface area contributed by atoms with E-state index in [4.69, 9.17) is 9.15 Å². The summed E-state index contributed by atoms with van der Waals surface area (Å²) < 4.78 is 25.0. The van der Waals surface area contributed by atoms with Crippen LogP contribution in [0.4, 0.5) is 4.39 Å². The van der Waals surface area contributed by atoms with E-state index in [1.807, 2.05) is 25.3 Å². The fraction of sp³-hybridized carbons (Fsp3) is 0.435. The molecule has 3 aromatic rings. The van der Waals surface area contributed by atoms with E-state index in [9.17, 15) is 4.39 Å². The van der Waals surface area contributed by atoms with Crippen LogP contribution in [0.5, 0.6) is 0 Å². The number of fused-ring (bicyclic) bond motifs is 1. The Kier molecular flexibility index (Phi) is 6.89. The number of halogens is 1. The smallest absolute Gasteiger partial charge is 0.191 e. The largest absolute Gasteiger partial charge is 0.465 e. The van der Waals surface area contributed by atoms with Crippen molar-refractivity contribution in [2.24, 2.45) is 4.99 Å². The van der Waals surface area contributed by atoms with Crippen LogP contribution in [0, 0.1) is 12.7 Å². The van der Waals surface area contributed by atoms with Crippen LogP contribution in [0.3, 0.4) is 0 Å². The number of nitrogens with zero attached hydrogens (tertiary/aromatic N) is 2. The van der Waals surface area contributed by atoms with Crippen LogP contribution in [0.1, 0.15) is 23.1 Å². The topological polar surface area (TPSA) is 77.8 Å². The van der Waals surface area contributed by atoms with Crippen molar-refractivity contribution in [1.82, 2.24) is 20.5 Å². The minimum atomic E-state index is -0.221. The minimum Gasteiger partial charge on any atom is -0.465 e. The van der Waals surface area contributed by atoms with Gasteiger partial charge in [-0.2, -0.15) is 0 Å². The molecule has 0 aliphatic carbocycles. The highest BCUT2D eigenvalue weighted by Gasteiger charge is 2.25. The number of benzene rings is 1. The lowest BCUT2D eigenvalue weighted by Gasteiger charge is -2.33. The number of ether oxygens (including phenoxy) is 1. The molecule has 0 saturated carbocycles. The number of hydrogen-bond donors (Lipinski definition) is 3. The maximum atomic E-state index is 13.6. The van der Waals surface area contributed by atoms with Crippen molar-refractivity contribution < 1.29 is 13.5 Å². The van der Waals surface area contributed by atoms with Gasteiger partial charge in [-0.15, -0.1) is 0 Å². The first-order chi connectivity index (χ1) is 15.1. The number of rotatable bonds is 7. The van der Waals surface area contributed by atoms with Crippen molar-refractivity contribution in [3.05, 3.63) is 59.4 Å². The van der Waals surface area contributed by atoms with E-state index in [-0.39, 0.29) is 11.9 Å². The van der Waals surface area contributed by atoms with E-state index in [0.29, 0.717) is 13.1 Å². The summed E-state index contributed by atoms with van der Waals surface area (Å²) in [5.74, 6) is 2.36. The third-order valence-corrected chi connectivity index (χ3v) is 5.68. The van der Waals surface area contributed by atoms with Crippen LogP contribution in [0.2, 0.25) is 0 Å². The van der Waals surface area contributed by atoms with Gasteiger partial charge in [0.1, 0.15) is 17.3 Å². The van der Waals surface area contributed by atoms with Crippen LogP contribution in [-0.4, -0.2) is 62.3 Å². The lowest BCUT2D eigenvalue weighted by molar-refractivity contribution is 0.0124. The van der Waals surface area contributed by atoms with Crippen molar-refractivity contribution >= 4 is 16.9 Å². The van der Waals surface area contributed by atoms with Crippen molar-refractivity contribution in [2.75, 3.05) is 46.4 Å². The van der Waals surface area contributed by atoms with Crippen LogP contribution >= 0.6 is 0 Å². The number of aryl methyl sites for hydroxylation is 1. The summed E-state index contributed by atoms with van der Waals surface area (Å²) in [6, 6.07) is 8.96. The van der Waals surface area contributed by atoms with E-state index in [1.54, 1.807) is 19.2 Å². The first-order valence-electron chi connectivity index (χ1n) is 10.7. The Balaban J connectivity index is 1.34. The zero-order valence-electron chi connectivity index (χ0n) is 18.1. The number of guanidine groups is 1. The number of hydrogen-bond acceptors (Lipinski definition) is 4. The molecule has 0 radical (unpaired) electrons. The monoisotopic (exact) mass is 427 g/mol. The van der Waals surface area contributed by atoms with Gasteiger partial charge >= 0.3 is 0 Å². The van der Waals surface area contributed by atoms with Crippen molar-refractivity contribution in [1.29, 1.82) is 0 Å². The fourth-order valence-corrected chi connectivity index (χ4v) is 4.02. The molecule has 1 atom stereocenters. The average Bonchev–Trinajstić information content (AvgIpc) is 3.39. The number of nitrogens with one attached hydrogen (secondary N) is 3. The summed E-state index contributed by atoms with van der Waals surface area (Å²) in [4.78, 5) is 9.93. The molecule has 1 saturated heterocycles. The third-order valence-electron chi connectivity index (χ3n) is 5.68. The summed E-state index contributed by atoms with van der Waals surface area (Å²) in [5, 5.41) is 7.71. The maximum Gasteiger partial charge on any atom is 0.191 e. The lowest BCUT2D eigenvalue weighted by atomic mass is 10.1. The van der Waals surface area contributed by atoms with Gasteiger partial charge in [-0.05, 0) is 49.2 Å². The van der Waals surface area contributed by atoms with Gasteiger partial charge in [-0.3, -0.25) is 9.89 Å². The van der Waals surface area contributed by atoms with Crippen LogP contribution in [-0.2, 0) is 11.2 Å². The van der Waals surface area contributed by atoms with Crippen LogP contribution in [0.25, 0.3) is 10.9 Å². The van der Waals surface area contributed by atoms with Gasteiger partial charge in [0.2, 0.25) is 0 Å². The summed E-state index contributed by atoms with van der Waals surface area (Å²) in [7, 11) is 1.76. The number of morpholine rings is 1. The highest BCUT2D eigenvalue weighted by molar-refractivity contribution is 5.83. The zero-order chi connectivity index (χ0) is 21.6. The number of aromatic nitrogens is 1. The molecular weight excluding hydrogens is 397 g/mol. The molecule has 166 valence electrons. The second-order valence-electron chi connectivity index (χ2n) is 7.75. The molecule has 2 aromatic heterocycles. The Hall–Kier alpha value is -2.84. The van der Waals surface area contributed by atoms with E-state index in [0.717, 1.165) is 66.7 Å². The molecule has 0 spiro atoms. The quantitative estimate of drug-likeness (QED) is 0.399. The Morgan fingerprint density at radius 2 is 2.06 bits per heavy atom. The van der Waals surface area contributed by atoms with E-state index < -0.39 is 0 Å². The summed E-state index contributed by atoms with van der Waals surface area (Å²) in [6.07, 6.45) is 2.70. The summed E-state index contributed by atoms with van der Waals surface area (Å²) >= 11 is 0. The van der Waals surface area contributed by atoms with Gasteiger partial charge in [0, 0.05) is 50.3 Å². The van der Waals surface area contributed by atoms with Gasteiger partial charge in [0.25, 0.3) is 0 Å². The van der Waals surface area contributed by atoms with Crippen LogP contribution < -0.4 is 10.6 Å². The molecular formula is C23H30FN5O2. The van der Waals surface area contributed by atoms with Crippen molar-refractivity contribution in [3.8, 4) is 0 Å². The summed E-state index contributed by atoms with van der Waals surface area (Å²) in [6.45, 7) is 6.52. The molecule has 31 heavy (non-hydrogen) atoms. The van der Waals surface area contributed by atoms with Gasteiger partial charge < -0.3 is 24.8 Å². The first kappa shape index (κ1) is 21.4. The van der Waals surface area contributed by atoms with Crippen molar-refractivity contribution in [3.63, 3.8) is 0 Å². The van der Waals surface area contributed by atoms with Gasteiger partial charge in [-0.25, -0.2) is 4.39 Å². The molecule has 3 N–H and O–H groups in total. The molecule has 4 rings (SSSR count). The van der Waals surface area contributed by atoms with E-state index in [1.165, 1.54) is 6.07 Å².